The summed E-state index contributed by atoms with van der Waals surface area (Å²) in [7, 11) is 1.62. The summed E-state index contributed by atoms with van der Waals surface area (Å²) in [6.07, 6.45) is 1.74. The maximum Gasteiger partial charge on any atom is 0.153 e. The Bertz CT molecular complexity index is 321. The van der Waals surface area contributed by atoms with Crippen molar-refractivity contribution >= 4 is 6.29 Å². The van der Waals surface area contributed by atoms with E-state index >= 15 is 0 Å². The minimum absolute atomic E-state index is 0.463. The van der Waals surface area contributed by atoms with Gasteiger partial charge in [-0.1, -0.05) is 13.0 Å². The summed E-state index contributed by atoms with van der Waals surface area (Å²) in [6, 6.07) is 5.63. The van der Waals surface area contributed by atoms with Crippen molar-refractivity contribution in [1.29, 1.82) is 0 Å². The number of benzene rings is 1. The molecule has 0 saturated carbocycles. The zero-order valence-electron chi connectivity index (χ0n) is 9.16. The Labute approximate surface area is 90.0 Å². The second kappa shape index (κ2) is 6.19. The Morgan fingerprint density at radius 3 is 2.73 bits per heavy atom. The summed E-state index contributed by atoms with van der Waals surface area (Å²) >= 11 is 0. The Morgan fingerprint density at radius 2 is 2.13 bits per heavy atom. The highest BCUT2D eigenvalue weighted by atomic mass is 16.5. The second-order valence-corrected chi connectivity index (χ2v) is 3.18. The van der Waals surface area contributed by atoms with Gasteiger partial charge in [0.2, 0.25) is 0 Å². The molecule has 15 heavy (non-hydrogen) atoms. The molecule has 82 valence electrons. The summed E-state index contributed by atoms with van der Waals surface area (Å²) in [5.74, 6) is 0.640. The van der Waals surface area contributed by atoms with Gasteiger partial charge in [0, 0.05) is 7.11 Å². The molecule has 0 aliphatic heterocycles. The van der Waals surface area contributed by atoms with Crippen molar-refractivity contribution in [2.24, 2.45) is 0 Å². The molecule has 0 aliphatic rings. The van der Waals surface area contributed by atoms with Crippen LogP contribution in [0.25, 0.3) is 0 Å². The molecule has 1 aromatic rings. The molecule has 1 aromatic carbocycles. The number of aldehydes is 1. The van der Waals surface area contributed by atoms with Gasteiger partial charge in [-0.2, -0.15) is 0 Å². The number of hydrogen-bond acceptors (Lipinski definition) is 3. The van der Waals surface area contributed by atoms with Gasteiger partial charge in [-0.05, 0) is 24.1 Å². The van der Waals surface area contributed by atoms with Crippen LogP contribution in [0.1, 0.15) is 22.8 Å². The number of ether oxygens (including phenoxy) is 2. The first kappa shape index (κ1) is 11.7. The van der Waals surface area contributed by atoms with E-state index in [1.807, 2.05) is 12.1 Å². The molecule has 0 atom stereocenters. The van der Waals surface area contributed by atoms with Crippen LogP contribution in [0.2, 0.25) is 0 Å². The van der Waals surface area contributed by atoms with Gasteiger partial charge in [0.15, 0.2) is 6.29 Å². The number of carbonyl (C=O) groups is 1. The third-order valence-electron chi connectivity index (χ3n) is 2.16. The SMILES string of the molecule is CCc1ccc(C=O)c(OCCOC)c1. The number of methoxy groups -OCH3 is 1. The molecule has 0 aromatic heterocycles. The maximum absolute atomic E-state index is 10.7. The molecular formula is C12H16O3. The number of carbonyl (C=O) groups excluding carboxylic acids is 1. The van der Waals surface area contributed by atoms with Crippen LogP contribution in [0.15, 0.2) is 18.2 Å². The fourth-order valence-corrected chi connectivity index (χ4v) is 1.26. The highest BCUT2D eigenvalue weighted by molar-refractivity contribution is 5.79. The minimum Gasteiger partial charge on any atom is -0.490 e. The Morgan fingerprint density at radius 1 is 1.33 bits per heavy atom. The van der Waals surface area contributed by atoms with Crippen molar-refractivity contribution in [3.63, 3.8) is 0 Å². The lowest BCUT2D eigenvalue weighted by Crippen LogP contribution is -2.06. The molecule has 0 spiro atoms. The van der Waals surface area contributed by atoms with Crippen LogP contribution in [0, 0.1) is 0 Å². The summed E-state index contributed by atoms with van der Waals surface area (Å²) in [6.45, 7) is 3.05. The van der Waals surface area contributed by atoms with Gasteiger partial charge in [-0.25, -0.2) is 0 Å². The van der Waals surface area contributed by atoms with Crippen molar-refractivity contribution in [1.82, 2.24) is 0 Å². The molecule has 0 bridgehead atoms. The largest absolute Gasteiger partial charge is 0.490 e. The summed E-state index contributed by atoms with van der Waals surface area (Å²) in [5.41, 5.74) is 1.75. The molecule has 0 saturated heterocycles. The summed E-state index contributed by atoms with van der Waals surface area (Å²) in [4.78, 5) is 10.7. The summed E-state index contributed by atoms with van der Waals surface area (Å²) < 4.78 is 10.3. The first-order chi connectivity index (χ1) is 7.31. The first-order valence-electron chi connectivity index (χ1n) is 5.01. The first-order valence-corrected chi connectivity index (χ1v) is 5.01. The maximum atomic E-state index is 10.7. The number of hydrogen-bond donors (Lipinski definition) is 0. The van der Waals surface area contributed by atoms with Crippen molar-refractivity contribution in [2.75, 3.05) is 20.3 Å². The van der Waals surface area contributed by atoms with Crippen molar-refractivity contribution in [3.05, 3.63) is 29.3 Å². The van der Waals surface area contributed by atoms with Gasteiger partial charge >= 0.3 is 0 Å². The number of aryl methyl sites for hydroxylation is 1. The van der Waals surface area contributed by atoms with Gasteiger partial charge < -0.3 is 9.47 Å². The van der Waals surface area contributed by atoms with Crippen LogP contribution in [-0.4, -0.2) is 26.6 Å². The van der Waals surface area contributed by atoms with Gasteiger partial charge in [0.05, 0.1) is 12.2 Å². The predicted molar refractivity (Wildman–Crippen MR) is 58.6 cm³/mol. The average molecular weight is 208 g/mol. The van der Waals surface area contributed by atoms with E-state index in [0.717, 1.165) is 18.3 Å². The molecule has 3 nitrogen and oxygen atoms in total. The molecule has 0 amide bonds. The normalized spacial score (nSPS) is 10.0. The van der Waals surface area contributed by atoms with Gasteiger partial charge in [-0.3, -0.25) is 4.79 Å². The predicted octanol–water partition coefficient (Wildman–Crippen LogP) is 2.09. The number of rotatable bonds is 6. The van der Waals surface area contributed by atoms with Gasteiger partial charge in [0.25, 0.3) is 0 Å². The molecule has 0 unspecified atom stereocenters. The average Bonchev–Trinajstić information content (AvgIpc) is 2.29. The lowest BCUT2D eigenvalue weighted by Gasteiger charge is -2.09. The quantitative estimate of drug-likeness (QED) is 0.530. The smallest absolute Gasteiger partial charge is 0.153 e. The molecule has 0 N–H and O–H groups in total. The minimum atomic E-state index is 0.463. The van der Waals surface area contributed by atoms with Crippen molar-refractivity contribution in [3.8, 4) is 5.75 Å². The molecule has 3 heteroatoms. The standard InChI is InChI=1S/C12H16O3/c1-3-10-4-5-11(9-13)12(8-10)15-7-6-14-2/h4-5,8-9H,3,6-7H2,1-2H3. The fourth-order valence-electron chi connectivity index (χ4n) is 1.26. The monoisotopic (exact) mass is 208 g/mol. The van der Waals surface area contributed by atoms with Crippen LogP contribution in [0.3, 0.4) is 0 Å². The zero-order valence-corrected chi connectivity index (χ0v) is 9.16. The summed E-state index contributed by atoms with van der Waals surface area (Å²) in [5, 5.41) is 0. The Balaban J connectivity index is 2.76. The molecular weight excluding hydrogens is 192 g/mol. The van der Waals surface area contributed by atoms with Gasteiger partial charge in [-0.15, -0.1) is 0 Å². The second-order valence-electron chi connectivity index (χ2n) is 3.18. The van der Waals surface area contributed by atoms with E-state index < -0.39 is 0 Å². The van der Waals surface area contributed by atoms with Crippen LogP contribution in [0.4, 0.5) is 0 Å². The van der Waals surface area contributed by atoms with Crippen LogP contribution < -0.4 is 4.74 Å². The highest BCUT2D eigenvalue weighted by Gasteiger charge is 2.03. The van der Waals surface area contributed by atoms with E-state index in [9.17, 15) is 4.79 Å². The zero-order chi connectivity index (χ0) is 11.1. The molecule has 1 rings (SSSR count). The van der Waals surface area contributed by atoms with Crippen molar-refractivity contribution in [2.45, 2.75) is 13.3 Å². The topological polar surface area (TPSA) is 35.5 Å². The van der Waals surface area contributed by atoms with Crippen LogP contribution >= 0.6 is 0 Å². The van der Waals surface area contributed by atoms with E-state index in [2.05, 4.69) is 6.92 Å². The fraction of sp³-hybridized carbons (Fsp3) is 0.417. The van der Waals surface area contributed by atoms with Gasteiger partial charge in [0.1, 0.15) is 12.4 Å². The lowest BCUT2D eigenvalue weighted by molar-refractivity contribution is 0.111. The molecule has 0 heterocycles. The van der Waals surface area contributed by atoms with E-state index in [4.69, 9.17) is 9.47 Å². The molecule has 0 radical (unpaired) electrons. The van der Waals surface area contributed by atoms with Crippen LogP contribution in [0.5, 0.6) is 5.75 Å². The van der Waals surface area contributed by atoms with E-state index in [1.165, 1.54) is 0 Å². The third kappa shape index (κ3) is 3.36. The van der Waals surface area contributed by atoms with E-state index in [1.54, 1.807) is 13.2 Å². The van der Waals surface area contributed by atoms with Crippen molar-refractivity contribution < 1.29 is 14.3 Å². The Hall–Kier alpha value is -1.35. The molecule has 0 aliphatic carbocycles. The van der Waals surface area contributed by atoms with E-state index in [-0.39, 0.29) is 0 Å². The molecule has 0 fully saturated rings. The lowest BCUT2D eigenvalue weighted by atomic mass is 10.1. The third-order valence-corrected chi connectivity index (χ3v) is 2.16. The van der Waals surface area contributed by atoms with Crippen LogP contribution in [-0.2, 0) is 11.2 Å². The Kier molecular flexibility index (Phi) is 4.84. The highest BCUT2D eigenvalue weighted by Crippen LogP contribution is 2.19. The van der Waals surface area contributed by atoms with E-state index in [0.29, 0.717) is 24.5 Å².